The second-order valence-electron chi connectivity index (χ2n) is 4.54. The van der Waals surface area contributed by atoms with Crippen molar-refractivity contribution in [3.8, 4) is 17.6 Å². The molecule has 0 bridgehead atoms. The van der Waals surface area contributed by atoms with E-state index in [1.54, 1.807) is 0 Å². The number of likely N-dealkylation sites (N-methyl/N-ethyl adjacent to an activating group) is 1. The van der Waals surface area contributed by atoms with Gasteiger partial charge in [0.25, 0.3) is 0 Å². The summed E-state index contributed by atoms with van der Waals surface area (Å²) < 4.78 is 6.15. The van der Waals surface area contributed by atoms with Crippen LogP contribution in [0, 0.1) is 11.8 Å². The zero-order valence-electron chi connectivity index (χ0n) is 11.6. The van der Waals surface area contributed by atoms with Crippen LogP contribution in [0.1, 0.15) is 26.7 Å². The van der Waals surface area contributed by atoms with E-state index in [0.717, 1.165) is 30.9 Å². The van der Waals surface area contributed by atoms with E-state index in [-0.39, 0.29) is 6.10 Å². The molecule has 0 aliphatic carbocycles. The van der Waals surface area contributed by atoms with Gasteiger partial charge in [0.15, 0.2) is 0 Å². The maximum Gasteiger partial charge on any atom is 0.133 e. The van der Waals surface area contributed by atoms with Crippen molar-refractivity contribution < 1.29 is 4.74 Å². The van der Waals surface area contributed by atoms with Crippen LogP contribution in [-0.4, -0.2) is 24.4 Å². The number of thioether (sulfide) groups is 1. The van der Waals surface area contributed by atoms with Crippen LogP contribution in [0.25, 0.3) is 0 Å². The van der Waals surface area contributed by atoms with Gasteiger partial charge in [-0.1, -0.05) is 19.1 Å². The molecule has 2 atom stereocenters. The van der Waals surface area contributed by atoms with E-state index in [4.69, 9.17) is 4.74 Å². The summed E-state index contributed by atoms with van der Waals surface area (Å²) in [5.74, 6) is 8.13. The Morgan fingerprint density at radius 2 is 2.32 bits per heavy atom. The van der Waals surface area contributed by atoms with E-state index in [0.29, 0.717) is 6.04 Å². The summed E-state index contributed by atoms with van der Waals surface area (Å²) in [6.45, 7) is 5.00. The molecule has 1 aromatic carbocycles. The molecule has 0 fully saturated rings. The number of rotatable bonds is 5. The van der Waals surface area contributed by atoms with Crippen LogP contribution in [0.15, 0.2) is 29.2 Å². The summed E-state index contributed by atoms with van der Waals surface area (Å²) in [4.78, 5) is 1.25. The van der Waals surface area contributed by atoms with Crippen LogP contribution in [0.5, 0.6) is 5.75 Å². The highest BCUT2D eigenvalue weighted by atomic mass is 32.2. The van der Waals surface area contributed by atoms with Gasteiger partial charge in [-0.15, -0.1) is 23.6 Å². The SMILES string of the molecule is CC#CCCC(NCC)C1CSc2ccccc2O1. The highest BCUT2D eigenvalue weighted by Gasteiger charge is 2.27. The van der Waals surface area contributed by atoms with Crippen molar-refractivity contribution in [2.24, 2.45) is 0 Å². The monoisotopic (exact) mass is 275 g/mol. The lowest BCUT2D eigenvalue weighted by Crippen LogP contribution is -2.45. The Kier molecular flexibility index (Phi) is 5.62. The largest absolute Gasteiger partial charge is 0.487 e. The number of nitrogens with one attached hydrogen (secondary N) is 1. The normalized spacial score (nSPS) is 18.7. The van der Waals surface area contributed by atoms with Crippen molar-refractivity contribution in [1.29, 1.82) is 0 Å². The van der Waals surface area contributed by atoms with Crippen LogP contribution in [0.4, 0.5) is 0 Å². The van der Waals surface area contributed by atoms with E-state index in [1.807, 2.05) is 24.8 Å². The van der Waals surface area contributed by atoms with Crippen molar-refractivity contribution in [2.75, 3.05) is 12.3 Å². The van der Waals surface area contributed by atoms with Crippen LogP contribution >= 0.6 is 11.8 Å². The molecule has 3 heteroatoms. The predicted octanol–water partition coefficient (Wildman–Crippen LogP) is 3.32. The molecule has 1 N–H and O–H groups in total. The molecule has 0 aromatic heterocycles. The van der Waals surface area contributed by atoms with E-state index in [1.165, 1.54) is 4.90 Å². The van der Waals surface area contributed by atoms with Gasteiger partial charge in [0, 0.05) is 23.1 Å². The van der Waals surface area contributed by atoms with Crippen molar-refractivity contribution in [2.45, 2.75) is 43.7 Å². The summed E-state index contributed by atoms with van der Waals surface area (Å²) in [5.41, 5.74) is 0. The molecule has 19 heavy (non-hydrogen) atoms. The van der Waals surface area contributed by atoms with E-state index in [9.17, 15) is 0 Å². The molecule has 0 amide bonds. The van der Waals surface area contributed by atoms with Gasteiger partial charge >= 0.3 is 0 Å². The number of benzene rings is 1. The van der Waals surface area contributed by atoms with E-state index < -0.39 is 0 Å². The van der Waals surface area contributed by atoms with Gasteiger partial charge < -0.3 is 10.1 Å². The number of ether oxygens (including phenoxy) is 1. The van der Waals surface area contributed by atoms with Crippen molar-refractivity contribution in [3.63, 3.8) is 0 Å². The van der Waals surface area contributed by atoms with Crippen molar-refractivity contribution in [3.05, 3.63) is 24.3 Å². The zero-order valence-corrected chi connectivity index (χ0v) is 12.4. The first kappa shape index (κ1) is 14.3. The highest BCUT2D eigenvalue weighted by molar-refractivity contribution is 7.99. The van der Waals surface area contributed by atoms with Gasteiger partial charge in [0.05, 0.1) is 0 Å². The third-order valence-corrected chi connectivity index (χ3v) is 4.35. The number of hydrogen-bond acceptors (Lipinski definition) is 3. The van der Waals surface area contributed by atoms with Crippen LogP contribution in [0.3, 0.4) is 0 Å². The Labute approximate surface area is 120 Å². The molecule has 2 nitrogen and oxygen atoms in total. The minimum Gasteiger partial charge on any atom is -0.487 e. The van der Waals surface area contributed by atoms with Gasteiger partial charge in [-0.3, -0.25) is 0 Å². The maximum atomic E-state index is 6.15. The molecule has 0 saturated carbocycles. The highest BCUT2D eigenvalue weighted by Crippen LogP contribution is 2.36. The second kappa shape index (κ2) is 7.47. The van der Waals surface area contributed by atoms with Crippen molar-refractivity contribution in [1.82, 2.24) is 5.32 Å². The Balaban J connectivity index is 2.00. The smallest absolute Gasteiger partial charge is 0.133 e. The molecule has 1 aliphatic heterocycles. The molecule has 102 valence electrons. The second-order valence-corrected chi connectivity index (χ2v) is 5.61. The molecule has 2 unspecified atom stereocenters. The fourth-order valence-corrected chi connectivity index (χ4v) is 3.35. The van der Waals surface area contributed by atoms with E-state index >= 15 is 0 Å². The van der Waals surface area contributed by atoms with Crippen LogP contribution in [-0.2, 0) is 0 Å². The molecular weight excluding hydrogens is 254 g/mol. The number of fused-ring (bicyclic) bond motifs is 1. The third-order valence-electron chi connectivity index (χ3n) is 3.20. The Morgan fingerprint density at radius 1 is 1.47 bits per heavy atom. The summed E-state index contributed by atoms with van der Waals surface area (Å²) >= 11 is 1.89. The molecule has 2 rings (SSSR count). The van der Waals surface area contributed by atoms with Gasteiger partial charge in [0.1, 0.15) is 11.9 Å². The average molecular weight is 275 g/mol. The summed E-state index contributed by atoms with van der Waals surface area (Å²) in [5, 5.41) is 3.54. The van der Waals surface area contributed by atoms with Crippen molar-refractivity contribution >= 4 is 11.8 Å². The molecular formula is C16H21NOS. The molecule has 0 spiro atoms. The molecule has 1 aliphatic rings. The van der Waals surface area contributed by atoms with Gasteiger partial charge in [0.2, 0.25) is 0 Å². The first-order chi connectivity index (χ1) is 9.35. The van der Waals surface area contributed by atoms with Gasteiger partial charge in [-0.25, -0.2) is 0 Å². The summed E-state index contributed by atoms with van der Waals surface area (Å²) in [7, 11) is 0. The topological polar surface area (TPSA) is 21.3 Å². The lowest BCUT2D eigenvalue weighted by molar-refractivity contribution is 0.162. The average Bonchev–Trinajstić information content (AvgIpc) is 2.46. The van der Waals surface area contributed by atoms with Crippen LogP contribution < -0.4 is 10.1 Å². The summed E-state index contributed by atoms with van der Waals surface area (Å²) in [6, 6.07) is 8.66. The Morgan fingerprint density at radius 3 is 3.11 bits per heavy atom. The lowest BCUT2D eigenvalue weighted by Gasteiger charge is -2.32. The Bertz CT molecular complexity index is 463. The lowest BCUT2D eigenvalue weighted by atomic mass is 10.1. The first-order valence-corrected chi connectivity index (χ1v) is 7.85. The first-order valence-electron chi connectivity index (χ1n) is 6.86. The fraction of sp³-hybridized carbons (Fsp3) is 0.500. The fourth-order valence-electron chi connectivity index (χ4n) is 2.27. The quantitative estimate of drug-likeness (QED) is 0.833. The summed E-state index contributed by atoms with van der Waals surface area (Å²) in [6.07, 6.45) is 2.21. The predicted molar refractivity (Wildman–Crippen MR) is 81.7 cm³/mol. The standard InChI is InChI=1S/C16H21NOS/c1-3-5-6-9-13(17-4-2)15-12-19-16-11-8-7-10-14(16)18-15/h7-8,10-11,13,15,17H,4,6,9,12H2,1-2H3. The maximum absolute atomic E-state index is 6.15. The Hall–Kier alpha value is -1.11. The zero-order chi connectivity index (χ0) is 13.5. The van der Waals surface area contributed by atoms with Crippen LogP contribution in [0.2, 0.25) is 0 Å². The molecule has 1 heterocycles. The van der Waals surface area contributed by atoms with Gasteiger partial charge in [-0.2, -0.15) is 0 Å². The third kappa shape index (κ3) is 3.92. The van der Waals surface area contributed by atoms with E-state index in [2.05, 4.69) is 42.3 Å². The molecule has 1 aromatic rings. The molecule has 0 saturated heterocycles. The molecule has 0 radical (unpaired) electrons. The minimum atomic E-state index is 0.235. The van der Waals surface area contributed by atoms with Gasteiger partial charge in [-0.05, 0) is 32.0 Å². The number of para-hydroxylation sites is 1. The minimum absolute atomic E-state index is 0.235. The number of hydrogen-bond donors (Lipinski definition) is 1.